The summed E-state index contributed by atoms with van der Waals surface area (Å²) in [6.07, 6.45) is 2.22. The van der Waals surface area contributed by atoms with E-state index >= 15 is 0 Å². The van der Waals surface area contributed by atoms with Crippen LogP contribution >= 0.6 is 0 Å². The minimum atomic E-state index is -0.0306. The van der Waals surface area contributed by atoms with Crippen LogP contribution in [0.1, 0.15) is 10.4 Å². The Kier molecular flexibility index (Phi) is 1.58. The molecular formula is C7H9N3O2. The van der Waals surface area contributed by atoms with Gasteiger partial charge in [0.2, 0.25) is 5.88 Å². The number of aldehydes is 1. The van der Waals surface area contributed by atoms with Gasteiger partial charge in [0.1, 0.15) is 6.61 Å². The van der Waals surface area contributed by atoms with Crippen molar-refractivity contribution < 1.29 is 9.53 Å². The molecule has 2 heterocycles. The zero-order chi connectivity index (χ0) is 8.55. The van der Waals surface area contributed by atoms with E-state index in [0.717, 1.165) is 6.29 Å². The topological polar surface area (TPSA) is 70.1 Å². The molecule has 2 rings (SSSR count). The van der Waals surface area contributed by atoms with Crippen molar-refractivity contribution in [1.29, 1.82) is 0 Å². The number of fused-ring (bicyclic) bond motifs is 1. The second kappa shape index (κ2) is 2.60. The van der Waals surface area contributed by atoms with Crippen LogP contribution in [0.3, 0.4) is 0 Å². The fourth-order valence-corrected chi connectivity index (χ4v) is 1.22. The zero-order valence-electron chi connectivity index (χ0n) is 6.43. The number of rotatable bonds is 1. The second-order valence-corrected chi connectivity index (χ2v) is 2.78. The smallest absolute Gasteiger partial charge is 0.222 e. The Morgan fingerprint density at radius 1 is 1.83 bits per heavy atom. The summed E-state index contributed by atoms with van der Waals surface area (Å²) >= 11 is 0. The molecule has 0 fully saturated rings. The van der Waals surface area contributed by atoms with Gasteiger partial charge < -0.3 is 10.5 Å². The molecule has 1 aliphatic heterocycles. The van der Waals surface area contributed by atoms with E-state index in [1.807, 2.05) is 0 Å². The molecule has 1 aromatic heterocycles. The van der Waals surface area contributed by atoms with E-state index in [-0.39, 0.29) is 6.04 Å². The maximum Gasteiger partial charge on any atom is 0.222 e. The number of hydrogen-bond donors (Lipinski definition) is 1. The van der Waals surface area contributed by atoms with Crippen LogP contribution in [0.4, 0.5) is 0 Å². The van der Waals surface area contributed by atoms with E-state index in [9.17, 15) is 4.79 Å². The third-order valence-corrected chi connectivity index (χ3v) is 1.79. The number of carbonyl (C=O) groups excluding carboxylic acids is 1. The molecule has 0 bridgehead atoms. The third-order valence-electron chi connectivity index (χ3n) is 1.79. The molecular weight excluding hydrogens is 158 g/mol. The first-order chi connectivity index (χ1) is 5.81. The Bertz CT molecular complexity index is 308. The molecule has 0 saturated heterocycles. The molecule has 0 amide bonds. The maximum atomic E-state index is 10.5. The number of aromatic nitrogens is 2. The average Bonchev–Trinajstić information content (AvgIpc) is 2.46. The van der Waals surface area contributed by atoms with Crippen molar-refractivity contribution in [3.8, 4) is 5.88 Å². The molecule has 0 saturated carbocycles. The van der Waals surface area contributed by atoms with Crippen molar-refractivity contribution in [2.24, 2.45) is 5.73 Å². The summed E-state index contributed by atoms with van der Waals surface area (Å²) < 4.78 is 6.85. The molecule has 2 N–H and O–H groups in total. The van der Waals surface area contributed by atoms with Crippen molar-refractivity contribution in [2.75, 3.05) is 6.61 Å². The highest BCUT2D eigenvalue weighted by atomic mass is 16.5. The van der Waals surface area contributed by atoms with Crippen molar-refractivity contribution in [3.05, 3.63) is 11.8 Å². The SMILES string of the molecule is NC1COc2c(C=O)cnn2C1. The first-order valence-electron chi connectivity index (χ1n) is 3.70. The number of carbonyl (C=O) groups is 1. The molecule has 1 aliphatic rings. The van der Waals surface area contributed by atoms with Crippen molar-refractivity contribution in [1.82, 2.24) is 9.78 Å². The number of nitrogens with zero attached hydrogens (tertiary/aromatic N) is 2. The molecule has 0 spiro atoms. The monoisotopic (exact) mass is 167 g/mol. The number of hydrogen-bond acceptors (Lipinski definition) is 4. The molecule has 12 heavy (non-hydrogen) atoms. The minimum absolute atomic E-state index is 0.0306. The van der Waals surface area contributed by atoms with Gasteiger partial charge in [0.05, 0.1) is 24.3 Å². The fourth-order valence-electron chi connectivity index (χ4n) is 1.22. The summed E-state index contributed by atoms with van der Waals surface area (Å²) in [5, 5.41) is 3.96. The van der Waals surface area contributed by atoms with Gasteiger partial charge in [0, 0.05) is 0 Å². The van der Waals surface area contributed by atoms with Crippen LogP contribution in [-0.2, 0) is 6.54 Å². The van der Waals surface area contributed by atoms with E-state index in [2.05, 4.69) is 5.10 Å². The predicted molar refractivity (Wildman–Crippen MR) is 41.1 cm³/mol. The Morgan fingerprint density at radius 3 is 3.42 bits per heavy atom. The van der Waals surface area contributed by atoms with Crippen molar-refractivity contribution in [2.45, 2.75) is 12.6 Å². The molecule has 1 atom stereocenters. The van der Waals surface area contributed by atoms with Crippen LogP contribution in [-0.4, -0.2) is 28.7 Å². The van der Waals surface area contributed by atoms with E-state index in [4.69, 9.17) is 10.5 Å². The summed E-state index contributed by atoms with van der Waals surface area (Å²) in [6, 6.07) is -0.0306. The van der Waals surface area contributed by atoms with Crippen LogP contribution < -0.4 is 10.5 Å². The summed E-state index contributed by atoms with van der Waals surface area (Å²) in [5.74, 6) is 0.534. The predicted octanol–water partition coefficient (Wildman–Crippen LogP) is -0.585. The zero-order valence-corrected chi connectivity index (χ0v) is 6.43. The minimum Gasteiger partial charge on any atom is -0.476 e. The molecule has 1 unspecified atom stereocenters. The van der Waals surface area contributed by atoms with Gasteiger partial charge in [0.25, 0.3) is 0 Å². The number of nitrogens with two attached hydrogens (primary N) is 1. The van der Waals surface area contributed by atoms with Crippen LogP contribution in [0.15, 0.2) is 6.20 Å². The van der Waals surface area contributed by atoms with Crippen LogP contribution in [0.25, 0.3) is 0 Å². The molecule has 5 heteroatoms. The van der Waals surface area contributed by atoms with Gasteiger partial charge >= 0.3 is 0 Å². The molecule has 0 radical (unpaired) electrons. The van der Waals surface area contributed by atoms with E-state index in [1.54, 1.807) is 4.68 Å². The lowest BCUT2D eigenvalue weighted by Gasteiger charge is -2.20. The van der Waals surface area contributed by atoms with Gasteiger partial charge in [-0.15, -0.1) is 0 Å². The Morgan fingerprint density at radius 2 is 2.67 bits per heavy atom. The molecule has 1 aromatic rings. The van der Waals surface area contributed by atoms with E-state index in [1.165, 1.54) is 6.20 Å². The first kappa shape index (κ1) is 7.30. The van der Waals surface area contributed by atoms with Crippen molar-refractivity contribution >= 4 is 6.29 Å². The van der Waals surface area contributed by atoms with Gasteiger partial charge in [-0.1, -0.05) is 0 Å². The molecule has 0 aromatic carbocycles. The lowest BCUT2D eigenvalue weighted by atomic mass is 10.3. The highest BCUT2D eigenvalue weighted by Crippen LogP contribution is 2.19. The normalized spacial score (nSPS) is 21.2. The largest absolute Gasteiger partial charge is 0.476 e. The molecule has 64 valence electrons. The van der Waals surface area contributed by atoms with Gasteiger partial charge in [-0.3, -0.25) is 4.79 Å². The fraction of sp³-hybridized carbons (Fsp3) is 0.429. The van der Waals surface area contributed by atoms with Crippen LogP contribution in [0.2, 0.25) is 0 Å². The summed E-state index contributed by atoms with van der Waals surface area (Å²) in [7, 11) is 0. The van der Waals surface area contributed by atoms with Crippen LogP contribution in [0, 0.1) is 0 Å². The van der Waals surface area contributed by atoms with Gasteiger partial charge in [0.15, 0.2) is 6.29 Å². The van der Waals surface area contributed by atoms with Gasteiger partial charge in [-0.05, 0) is 0 Å². The Labute approximate surface area is 69.1 Å². The highest BCUT2D eigenvalue weighted by molar-refractivity contribution is 5.77. The maximum absolute atomic E-state index is 10.5. The summed E-state index contributed by atoms with van der Waals surface area (Å²) in [6.45, 7) is 1.07. The third kappa shape index (κ3) is 0.984. The molecule has 0 aliphatic carbocycles. The Balaban J connectivity index is 2.38. The molecule has 5 nitrogen and oxygen atoms in total. The van der Waals surface area contributed by atoms with E-state index in [0.29, 0.717) is 24.6 Å². The Hall–Kier alpha value is -1.36. The van der Waals surface area contributed by atoms with E-state index < -0.39 is 0 Å². The quantitative estimate of drug-likeness (QED) is 0.568. The summed E-state index contributed by atoms with van der Waals surface area (Å²) in [4.78, 5) is 10.5. The lowest BCUT2D eigenvalue weighted by Crippen LogP contribution is -2.37. The van der Waals surface area contributed by atoms with Crippen molar-refractivity contribution in [3.63, 3.8) is 0 Å². The van der Waals surface area contributed by atoms with Gasteiger partial charge in [-0.25, -0.2) is 4.68 Å². The van der Waals surface area contributed by atoms with Gasteiger partial charge in [-0.2, -0.15) is 5.10 Å². The number of ether oxygens (including phenoxy) is 1. The highest BCUT2D eigenvalue weighted by Gasteiger charge is 2.19. The van der Waals surface area contributed by atoms with Crippen LogP contribution in [0.5, 0.6) is 5.88 Å². The second-order valence-electron chi connectivity index (χ2n) is 2.78. The standard InChI is InChI=1S/C7H9N3O2/c8-6-2-10-7(12-4-6)5(3-11)1-9-10/h1,3,6H,2,4,8H2. The summed E-state index contributed by atoms with van der Waals surface area (Å²) in [5.41, 5.74) is 6.11. The first-order valence-corrected chi connectivity index (χ1v) is 3.70. The lowest BCUT2D eigenvalue weighted by molar-refractivity contribution is 0.111. The average molecular weight is 167 g/mol.